The molecule has 144 valence electrons. The van der Waals surface area contributed by atoms with E-state index in [1.165, 1.54) is 36.0 Å². The van der Waals surface area contributed by atoms with Crippen molar-refractivity contribution in [3.05, 3.63) is 53.6 Å². The maximum atomic E-state index is 11.8. The van der Waals surface area contributed by atoms with Crippen LogP contribution in [0.2, 0.25) is 0 Å². The molecule has 0 aliphatic carbocycles. The molecule has 0 aliphatic heterocycles. The lowest BCUT2D eigenvalue weighted by atomic mass is 10.2. The molecule has 9 heteroatoms. The third-order valence-electron chi connectivity index (χ3n) is 3.52. The number of carbonyl (C=O) groups excluding carboxylic acids is 2. The van der Waals surface area contributed by atoms with Crippen molar-refractivity contribution in [2.24, 2.45) is 5.14 Å². The fourth-order valence-electron chi connectivity index (χ4n) is 2.11. The summed E-state index contributed by atoms with van der Waals surface area (Å²) in [5.74, 6) is -0.926. The summed E-state index contributed by atoms with van der Waals surface area (Å²) in [6, 6.07) is 11.3. The van der Waals surface area contributed by atoms with Crippen LogP contribution in [0.15, 0.2) is 52.3 Å². The Morgan fingerprint density at radius 2 is 1.78 bits per heavy atom. The Bertz CT molecular complexity index is 941. The number of sulfonamides is 1. The first-order chi connectivity index (χ1) is 12.6. The molecule has 27 heavy (non-hydrogen) atoms. The number of nitrogens with one attached hydrogen (secondary N) is 1. The molecule has 3 N–H and O–H groups in total. The van der Waals surface area contributed by atoms with Crippen LogP contribution in [0.3, 0.4) is 0 Å². The van der Waals surface area contributed by atoms with Gasteiger partial charge in [0.15, 0.2) is 6.61 Å². The van der Waals surface area contributed by atoms with Gasteiger partial charge in [0.1, 0.15) is 0 Å². The van der Waals surface area contributed by atoms with Crippen LogP contribution in [0.25, 0.3) is 0 Å². The number of rotatable bonds is 7. The van der Waals surface area contributed by atoms with Crippen molar-refractivity contribution in [3.63, 3.8) is 0 Å². The van der Waals surface area contributed by atoms with Gasteiger partial charge in [0.2, 0.25) is 10.0 Å². The predicted molar refractivity (Wildman–Crippen MR) is 104 cm³/mol. The van der Waals surface area contributed by atoms with E-state index in [4.69, 9.17) is 9.88 Å². The van der Waals surface area contributed by atoms with Crippen LogP contribution in [0, 0.1) is 13.8 Å². The number of aryl methyl sites for hydroxylation is 2. The summed E-state index contributed by atoms with van der Waals surface area (Å²) in [7, 11) is -3.79. The van der Waals surface area contributed by atoms with Gasteiger partial charge in [-0.2, -0.15) is 0 Å². The summed E-state index contributed by atoms with van der Waals surface area (Å²) >= 11 is 1.35. The number of hydrogen-bond donors (Lipinski definition) is 2. The monoisotopic (exact) mass is 408 g/mol. The first kappa shape index (κ1) is 20.9. The lowest BCUT2D eigenvalue weighted by Crippen LogP contribution is -2.21. The molecule has 0 aromatic heterocycles. The number of nitrogens with two attached hydrogens (primary N) is 1. The van der Waals surface area contributed by atoms with Crippen LogP contribution in [0.5, 0.6) is 0 Å². The fraction of sp³-hybridized carbons (Fsp3) is 0.222. The van der Waals surface area contributed by atoms with Gasteiger partial charge in [0.25, 0.3) is 5.91 Å². The zero-order valence-corrected chi connectivity index (χ0v) is 16.5. The molecule has 0 fully saturated rings. The van der Waals surface area contributed by atoms with E-state index < -0.39 is 28.5 Å². The zero-order valence-electron chi connectivity index (χ0n) is 14.9. The smallest absolute Gasteiger partial charge is 0.316 e. The number of esters is 1. The van der Waals surface area contributed by atoms with E-state index >= 15 is 0 Å². The minimum atomic E-state index is -3.79. The van der Waals surface area contributed by atoms with Crippen molar-refractivity contribution < 1.29 is 22.7 Å². The van der Waals surface area contributed by atoms with Gasteiger partial charge in [0.05, 0.1) is 10.6 Å². The molecule has 0 radical (unpaired) electrons. The molecule has 2 aromatic rings. The van der Waals surface area contributed by atoms with E-state index in [2.05, 4.69) is 5.32 Å². The average Bonchev–Trinajstić information content (AvgIpc) is 2.60. The minimum Gasteiger partial charge on any atom is -0.455 e. The number of amides is 1. The van der Waals surface area contributed by atoms with Gasteiger partial charge >= 0.3 is 5.97 Å². The normalized spacial score (nSPS) is 11.1. The molecular formula is C18H20N2O5S2. The van der Waals surface area contributed by atoms with Gasteiger partial charge in [-0.15, -0.1) is 11.8 Å². The van der Waals surface area contributed by atoms with Crippen LogP contribution in [-0.2, 0) is 24.3 Å². The minimum absolute atomic E-state index is 0.0598. The molecule has 0 saturated carbocycles. The van der Waals surface area contributed by atoms with Crippen LogP contribution < -0.4 is 10.5 Å². The second-order valence-electron chi connectivity index (χ2n) is 5.84. The Morgan fingerprint density at radius 1 is 1.11 bits per heavy atom. The number of primary sulfonamides is 1. The van der Waals surface area contributed by atoms with Crippen molar-refractivity contribution in [1.82, 2.24) is 0 Å². The SMILES string of the molecule is Cc1ccc(C)c(SCC(=O)OCC(=O)Nc2ccc(S(N)(=O)=O)cc2)c1. The Kier molecular flexibility index (Phi) is 7.00. The zero-order chi connectivity index (χ0) is 20.0. The van der Waals surface area contributed by atoms with Crippen molar-refractivity contribution in [2.75, 3.05) is 17.7 Å². The summed E-state index contributed by atoms with van der Waals surface area (Å²) in [5.41, 5.74) is 2.54. The maximum Gasteiger partial charge on any atom is 0.316 e. The summed E-state index contributed by atoms with van der Waals surface area (Å²) < 4.78 is 27.3. The van der Waals surface area contributed by atoms with Gasteiger partial charge in [-0.1, -0.05) is 17.7 Å². The average molecular weight is 409 g/mol. The van der Waals surface area contributed by atoms with E-state index in [1.54, 1.807) is 0 Å². The summed E-state index contributed by atoms with van der Waals surface area (Å²) in [5, 5.41) is 7.51. The Balaban J connectivity index is 1.79. The first-order valence-corrected chi connectivity index (χ1v) is 10.5. The van der Waals surface area contributed by atoms with Crippen LogP contribution >= 0.6 is 11.8 Å². The van der Waals surface area contributed by atoms with Crippen molar-refractivity contribution in [3.8, 4) is 0 Å². The van der Waals surface area contributed by atoms with E-state index in [1.807, 2.05) is 32.0 Å². The summed E-state index contributed by atoms with van der Waals surface area (Å²) in [4.78, 5) is 24.6. The van der Waals surface area contributed by atoms with E-state index in [-0.39, 0.29) is 10.6 Å². The molecule has 0 heterocycles. The van der Waals surface area contributed by atoms with Crippen LogP contribution in [0.1, 0.15) is 11.1 Å². The molecule has 7 nitrogen and oxygen atoms in total. The third kappa shape index (κ3) is 6.70. The second kappa shape index (κ2) is 9.03. The Morgan fingerprint density at radius 3 is 2.41 bits per heavy atom. The summed E-state index contributed by atoms with van der Waals surface area (Å²) in [6.45, 7) is 3.51. The van der Waals surface area contributed by atoms with Crippen molar-refractivity contribution in [1.29, 1.82) is 0 Å². The number of benzene rings is 2. The fourth-order valence-corrected chi connectivity index (χ4v) is 3.55. The van der Waals surface area contributed by atoms with Gasteiger partial charge in [-0.3, -0.25) is 9.59 Å². The van der Waals surface area contributed by atoms with E-state index in [9.17, 15) is 18.0 Å². The molecule has 1 amide bonds. The molecule has 0 aliphatic rings. The topological polar surface area (TPSA) is 116 Å². The van der Waals surface area contributed by atoms with Crippen molar-refractivity contribution in [2.45, 2.75) is 23.6 Å². The number of anilines is 1. The second-order valence-corrected chi connectivity index (χ2v) is 8.41. The Hall–Kier alpha value is -2.36. The largest absolute Gasteiger partial charge is 0.455 e. The molecular weight excluding hydrogens is 388 g/mol. The highest BCUT2D eigenvalue weighted by Gasteiger charge is 2.11. The summed E-state index contributed by atoms with van der Waals surface area (Å²) in [6.07, 6.45) is 0. The van der Waals surface area contributed by atoms with Gasteiger partial charge < -0.3 is 10.1 Å². The Labute approximate surface area is 162 Å². The highest BCUT2D eigenvalue weighted by atomic mass is 32.2. The molecule has 2 rings (SSSR count). The predicted octanol–water partition coefficient (Wildman–Crippen LogP) is 2.22. The molecule has 0 spiro atoms. The first-order valence-electron chi connectivity index (χ1n) is 7.93. The van der Waals surface area contributed by atoms with Gasteiger partial charge in [-0.25, -0.2) is 13.6 Å². The van der Waals surface area contributed by atoms with E-state index in [0.29, 0.717) is 5.69 Å². The highest BCUT2D eigenvalue weighted by Crippen LogP contribution is 2.23. The number of ether oxygens (including phenoxy) is 1. The molecule has 0 atom stereocenters. The maximum absolute atomic E-state index is 11.8. The van der Waals surface area contributed by atoms with Crippen LogP contribution in [-0.4, -0.2) is 32.7 Å². The number of hydrogen-bond acceptors (Lipinski definition) is 6. The lowest BCUT2D eigenvalue weighted by Gasteiger charge is -2.08. The van der Waals surface area contributed by atoms with Crippen molar-refractivity contribution >= 4 is 39.3 Å². The van der Waals surface area contributed by atoms with Crippen LogP contribution in [0.4, 0.5) is 5.69 Å². The quantitative estimate of drug-likeness (QED) is 0.536. The van der Waals surface area contributed by atoms with Gasteiger partial charge in [0, 0.05) is 10.6 Å². The molecule has 0 saturated heterocycles. The number of thioether (sulfide) groups is 1. The highest BCUT2D eigenvalue weighted by molar-refractivity contribution is 8.00. The third-order valence-corrected chi connectivity index (χ3v) is 5.58. The molecule has 0 unspecified atom stereocenters. The standard InChI is InChI=1S/C18H20N2O5S2/c1-12-3-4-13(2)16(9-12)26-11-18(22)25-10-17(21)20-14-5-7-15(8-6-14)27(19,23)24/h3-9H,10-11H2,1-2H3,(H,20,21)(H2,19,23,24). The van der Waals surface area contributed by atoms with E-state index in [0.717, 1.165) is 16.0 Å². The molecule has 0 bridgehead atoms. The number of carbonyl (C=O) groups is 2. The molecule has 2 aromatic carbocycles. The van der Waals surface area contributed by atoms with Gasteiger partial charge in [-0.05, 0) is 49.7 Å². The lowest BCUT2D eigenvalue weighted by molar-refractivity contribution is -0.144.